The molecule has 112 valence electrons. The van der Waals surface area contributed by atoms with E-state index in [9.17, 15) is 14.0 Å². The Morgan fingerprint density at radius 3 is 2.62 bits per heavy atom. The number of nitrogens with zero attached hydrogens (tertiary/aromatic N) is 1. The van der Waals surface area contributed by atoms with Crippen molar-refractivity contribution < 1.29 is 14.0 Å². The van der Waals surface area contributed by atoms with Gasteiger partial charge in [-0.2, -0.15) is 0 Å². The zero-order valence-electron chi connectivity index (χ0n) is 12.4. The summed E-state index contributed by atoms with van der Waals surface area (Å²) in [5, 5.41) is 3.21. The Balaban J connectivity index is 2.15. The number of aromatic nitrogens is 1. The van der Waals surface area contributed by atoms with Gasteiger partial charge in [-0.1, -0.05) is 19.9 Å². The lowest BCUT2D eigenvalue weighted by molar-refractivity contribution is -0.128. The van der Waals surface area contributed by atoms with Crippen LogP contribution in [0.1, 0.15) is 20.8 Å². The van der Waals surface area contributed by atoms with Crippen molar-refractivity contribution >= 4 is 22.6 Å². The Labute approximate surface area is 122 Å². The molecule has 0 spiro atoms. The average Bonchev–Trinajstić information content (AvgIpc) is 2.80. The van der Waals surface area contributed by atoms with Crippen LogP contribution in [-0.2, 0) is 16.1 Å². The van der Waals surface area contributed by atoms with E-state index in [0.29, 0.717) is 10.9 Å². The van der Waals surface area contributed by atoms with Crippen molar-refractivity contribution in [2.45, 2.75) is 33.4 Å². The first kappa shape index (κ1) is 15.2. The lowest BCUT2D eigenvalue weighted by atomic mass is 10.0. The van der Waals surface area contributed by atoms with Gasteiger partial charge in [-0.15, -0.1) is 0 Å². The molecule has 5 heteroatoms. The van der Waals surface area contributed by atoms with E-state index in [4.69, 9.17) is 0 Å². The van der Waals surface area contributed by atoms with Crippen LogP contribution in [0.25, 0.3) is 10.9 Å². The summed E-state index contributed by atoms with van der Waals surface area (Å²) >= 11 is 0. The number of carbonyl (C=O) groups is 2. The lowest BCUT2D eigenvalue weighted by Gasteiger charge is -2.19. The number of nitrogens with one attached hydrogen (secondary N) is 1. The molecule has 1 aromatic heterocycles. The molecule has 0 fully saturated rings. The van der Waals surface area contributed by atoms with Gasteiger partial charge in [0.1, 0.15) is 12.4 Å². The average molecular weight is 290 g/mol. The van der Waals surface area contributed by atoms with Crippen LogP contribution in [0.5, 0.6) is 0 Å². The third-order valence-electron chi connectivity index (χ3n) is 3.50. The molecule has 0 radical (unpaired) electrons. The molecule has 2 aromatic rings. The van der Waals surface area contributed by atoms with E-state index in [1.54, 1.807) is 29.0 Å². The molecule has 1 N–H and O–H groups in total. The highest BCUT2D eigenvalue weighted by Crippen LogP contribution is 2.18. The maximum absolute atomic E-state index is 13.6. The molecule has 0 aliphatic carbocycles. The maximum atomic E-state index is 13.6. The highest BCUT2D eigenvalue weighted by Gasteiger charge is 2.20. The van der Waals surface area contributed by atoms with Gasteiger partial charge in [0, 0.05) is 11.6 Å². The van der Waals surface area contributed by atoms with Gasteiger partial charge in [0.05, 0.1) is 11.6 Å². The summed E-state index contributed by atoms with van der Waals surface area (Å²) in [5.74, 6) is -0.604. The first-order valence-corrected chi connectivity index (χ1v) is 6.93. The summed E-state index contributed by atoms with van der Waals surface area (Å²) in [6, 6.07) is 5.91. The molecule has 1 atom stereocenters. The molecule has 2 rings (SSSR count). The first-order chi connectivity index (χ1) is 9.90. The SMILES string of the molecule is CC(=O)C(NC(=O)Cn1ccc2c(F)cccc21)C(C)C. The Morgan fingerprint density at radius 2 is 2.00 bits per heavy atom. The van der Waals surface area contributed by atoms with Crippen molar-refractivity contribution in [1.82, 2.24) is 9.88 Å². The number of ketones is 1. The summed E-state index contributed by atoms with van der Waals surface area (Å²) in [7, 11) is 0. The quantitative estimate of drug-likeness (QED) is 0.920. The van der Waals surface area contributed by atoms with Crippen LogP contribution in [0.3, 0.4) is 0 Å². The number of amides is 1. The highest BCUT2D eigenvalue weighted by molar-refractivity contribution is 5.88. The molecular weight excluding hydrogens is 271 g/mol. The highest BCUT2D eigenvalue weighted by atomic mass is 19.1. The van der Waals surface area contributed by atoms with Crippen molar-refractivity contribution in [1.29, 1.82) is 0 Å². The predicted octanol–water partition coefficient (Wildman–Crippen LogP) is 2.51. The van der Waals surface area contributed by atoms with Crippen LogP contribution in [0, 0.1) is 11.7 Å². The van der Waals surface area contributed by atoms with E-state index in [1.165, 1.54) is 13.0 Å². The summed E-state index contributed by atoms with van der Waals surface area (Å²) in [5.41, 5.74) is 0.661. The topological polar surface area (TPSA) is 51.1 Å². The largest absolute Gasteiger partial charge is 0.344 e. The van der Waals surface area contributed by atoms with Gasteiger partial charge >= 0.3 is 0 Å². The summed E-state index contributed by atoms with van der Waals surface area (Å²) in [6.07, 6.45) is 1.67. The smallest absolute Gasteiger partial charge is 0.240 e. The summed E-state index contributed by atoms with van der Waals surface area (Å²) < 4.78 is 15.3. The van der Waals surface area contributed by atoms with E-state index < -0.39 is 6.04 Å². The molecule has 0 aliphatic rings. The number of hydrogen-bond acceptors (Lipinski definition) is 2. The third-order valence-corrected chi connectivity index (χ3v) is 3.50. The minimum atomic E-state index is -0.490. The fourth-order valence-corrected chi connectivity index (χ4v) is 2.44. The van der Waals surface area contributed by atoms with E-state index in [1.807, 2.05) is 13.8 Å². The Hall–Kier alpha value is -2.17. The minimum Gasteiger partial charge on any atom is -0.344 e. The summed E-state index contributed by atoms with van der Waals surface area (Å²) in [6.45, 7) is 5.29. The fraction of sp³-hybridized carbons (Fsp3) is 0.375. The van der Waals surface area contributed by atoms with Crippen LogP contribution in [0.15, 0.2) is 30.5 Å². The molecule has 1 unspecified atom stereocenters. The van der Waals surface area contributed by atoms with Gasteiger partial charge < -0.3 is 9.88 Å². The van der Waals surface area contributed by atoms with Crippen molar-refractivity contribution in [2.24, 2.45) is 5.92 Å². The minimum absolute atomic E-state index is 0.0327. The van der Waals surface area contributed by atoms with E-state index >= 15 is 0 Å². The van der Waals surface area contributed by atoms with Gasteiger partial charge in [-0.3, -0.25) is 9.59 Å². The first-order valence-electron chi connectivity index (χ1n) is 6.93. The molecule has 0 saturated carbocycles. The fourth-order valence-electron chi connectivity index (χ4n) is 2.44. The molecule has 0 aliphatic heterocycles. The number of halogens is 1. The van der Waals surface area contributed by atoms with E-state index in [0.717, 1.165) is 0 Å². The zero-order chi connectivity index (χ0) is 15.6. The molecule has 4 nitrogen and oxygen atoms in total. The van der Waals surface area contributed by atoms with E-state index in [2.05, 4.69) is 5.32 Å². The second-order valence-electron chi connectivity index (χ2n) is 5.52. The van der Waals surface area contributed by atoms with Crippen LogP contribution in [0.4, 0.5) is 4.39 Å². The standard InChI is InChI=1S/C16H19FN2O2/c1-10(2)16(11(3)20)18-15(21)9-19-8-7-12-13(17)5-4-6-14(12)19/h4-8,10,16H,9H2,1-3H3,(H,18,21). The normalized spacial score (nSPS) is 12.6. The van der Waals surface area contributed by atoms with Crippen LogP contribution in [-0.4, -0.2) is 22.3 Å². The second-order valence-corrected chi connectivity index (χ2v) is 5.52. The Bertz CT molecular complexity index is 676. The zero-order valence-corrected chi connectivity index (χ0v) is 12.4. The maximum Gasteiger partial charge on any atom is 0.240 e. The number of rotatable bonds is 5. The Morgan fingerprint density at radius 1 is 1.29 bits per heavy atom. The molecule has 21 heavy (non-hydrogen) atoms. The molecule has 1 heterocycles. The van der Waals surface area contributed by atoms with Gasteiger partial charge in [0.2, 0.25) is 5.91 Å². The molecule has 1 amide bonds. The van der Waals surface area contributed by atoms with E-state index in [-0.39, 0.29) is 30.0 Å². The van der Waals surface area contributed by atoms with Gasteiger partial charge in [-0.05, 0) is 31.0 Å². The van der Waals surface area contributed by atoms with Crippen molar-refractivity contribution in [3.63, 3.8) is 0 Å². The summed E-state index contributed by atoms with van der Waals surface area (Å²) in [4.78, 5) is 23.6. The van der Waals surface area contributed by atoms with Crippen molar-refractivity contribution in [2.75, 3.05) is 0 Å². The Kier molecular flexibility index (Phi) is 4.40. The van der Waals surface area contributed by atoms with Crippen LogP contribution < -0.4 is 5.32 Å². The predicted molar refractivity (Wildman–Crippen MR) is 79.3 cm³/mol. The van der Waals surface area contributed by atoms with Gasteiger partial charge in [-0.25, -0.2) is 4.39 Å². The third kappa shape index (κ3) is 3.29. The second kappa shape index (κ2) is 6.08. The van der Waals surface area contributed by atoms with Crippen LogP contribution >= 0.6 is 0 Å². The number of hydrogen-bond donors (Lipinski definition) is 1. The number of carbonyl (C=O) groups excluding carboxylic acids is 2. The van der Waals surface area contributed by atoms with Crippen LogP contribution in [0.2, 0.25) is 0 Å². The van der Waals surface area contributed by atoms with Crippen molar-refractivity contribution in [3.05, 3.63) is 36.3 Å². The number of Topliss-reactive ketones (excluding diaryl/α,β-unsaturated/α-hetero) is 1. The number of benzene rings is 1. The van der Waals surface area contributed by atoms with Gasteiger partial charge in [0.25, 0.3) is 0 Å². The monoisotopic (exact) mass is 290 g/mol. The molecule has 0 bridgehead atoms. The molecule has 0 saturated heterocycles. The van der Waals surface area contributed by atoms with Gasteiger partial charge in [0.15, 0.2) is 5.78 Å². The lowest BCUT2D eigenvalue weighted by Crippen LogP contribution is -2.44. The number of fused-ring (bicyclic) bond motifs is 1. The molecular formula is C16H19FN2O2. The molecule has 1 aromatic carbocycles. The van der Waals surface area contributed by atoms with Crippen molar-refractivity contribution in [3.8, 4) is 0 Å².